The van der Waals surface area contributed by atoms with Gasteiger partial charge in [-0.3, -0.25) is 19.4 Å². The molecule has 1 aliphatic heterocycles. The monoisotopic (exact) mass is 386 g/mol. The lowest BCUT2D eigenvalue weighted by Gasteiger charge is -2.37. The summed E-state index contributed by atoms with van der Waals surface area (Å²) in [5, 5.41) is 5.12. The van der Waals surface area contributed by atoms with Crippen LogP contribution < -0.4 is 10.6 Å². The molecule has 0 bridgehead atoms. The van der Waals surface area contributed by atoms with Crippen LogP contribution in [0.2, 0.25) is 0 Å². The van der Waals surface area contributed by atoms with Gasteiger partial charge >= 0.3 is 0 Å². The fourth-order valence-corrected chi connectivity index (χ4v) is 2.86. The van der Waals surface area contributed by atoms with Crippen LogP contribution in [0.15, 0.2) is 12.1 Å². The lowest BCUT2D eigenvalue weighted by molar-refractivity contribution is -0.124. The van der Waals surface area contributed by atoms with E-state index in [4.69, 9.17) is 0 Å². The lowest BCUT2D eigenvalue weighted by Crippen LogP contribution is -2.54. The molecule has 0 aliphatic carbocycles. The first-order valence-electron chi connectivity index (χ1n) is 9.01. The van der Waals surface area contributed by atoms with Gasteiger partial charge in [0.25, 0.3) is 0 Å². The molecule has 0 unspecified atom stereocenters. The van der Waals surface area contributed by atoms with E-state index >= 15 is 0 Å². The summed E-state index contributed by atoms with van der Waals surface area (Å²) >= 11 is 0. The maximum atomic E-state index is 13.7. The fraction of sp³-hybridized carbons (Fsp3) is 0.556. The Hall–Kier alpha value is -2.13. The van der Waals surface area contributed by atoms with Crippen LogP contribution in [0, 0.1) is 17.5 Å². The van der Waals surface area contributed by atoms with E-state index in [9.17, 15) is 22.8 Å². The molecule has 27 heavy (non-hydrogen) atoms. The van der Waals surface area contributed by atoms with E-state index in [1.54, 1.807) is 6.92 Å². The largest absolute Gasteiger partial charge is 0.355 e. The molecule has 6 nitrogen and oxygen atoms in total. The van der Waals surface area contributed by atoms with Gasteiger partial charge in [0.1, 0.15) is 0 Å². The number of hydrogen-bond acceptors (Lipinski definition) is 4. The summed E-state index contributed by atoms with van der Waals surface area (Å²) < 4.78 is 39.9. The Labute approximate surface area is 156 Å². The molecule has 0 aromatic heterocycles. The summed E-state index contributed by atoms with van der Waals surface area (Å²) in [6.45, 7) is 6.98. The molecule has 0 radical (unpaired) electrons. The summed E-state index contributed by atoms with van der Waals surface area (Å²) in [4.78, 5) is 28.0. The van der Waals surface area contributed by atoms with Gasteiger partial charge in [-0.1, -0.05) is 6.92 Å². The minimum atomic E-state index is -1.62. The molecule has 0 saturated carbocycles. The summed E-state index contributed by atoms with van der Waals surface area (Å²) in [6, 6.07) is 1.18. The quantitative estimate of drug-likeness (QED) is 0.699. The second-order valence-electron chi connectivity index (χ2n) is 6.55. The van der Waals surface area contributed by atoms with Gasteiger partial charge < -0.3 is 10.6 Å². The van der Waals surface area contributed by atoms with Crippen molar-refractivity contribution in [2.45, 2.75) is 26.3 Å². The molecule has 0 spiro atoms. The molecule has 1 fully saturated rings. The molecule has 1 saturated heterocycles. The molecular weight excluding hydrogens is 361 g/mol. The average Bonchev–Trinajstić information content (AvgIpc) is 2.66. The first-order chi connectivity index (χ1) is 12.8. The SMILES string of the molecule is CCCNC(=O)CN1CCN([C@H](C)C(=O)Nc2ccc(F)c(F)c2F)CC1. The Morgan fingerprint density at radius 3 is 2.41 bits per heavy atom. The number of anilines is 1. The van der Waals surface area contributed by atoms with Gasteiger partial charge in [0.2, 0.25) is 11.8 Å². The van der Waals surface area contributed by atoms with Crippen molar-refractivity contribution >= 4 is 17.5 Å². The van der Waals surface area contributed by atoms with E-state index in [-0.39, 0.29) is 5.91 Å². The highest BCUT2D eigenvalue weighted by molar-refractivity contribution is 5.94. The molecule has 150 valence electrons. The molecule has 1 aliphatic rings. The van der Waals surface area contributed by atoms with Crippen molar-refractivity contribution in [1.82, 2.24) is 15.1 Å². The average molecular weight is 386 g/mol. The van der Waals surface area contributed by atoms with E-state index in [0.29, 0.717) is 39.3 Å². The lowest BCUT2D eigenvalue weighted by atomic mass is 10.2. The molecule has 1 aromatic rings. The normalized spacial score (nSPS) is 16.8. The standard InChI is InChI=1S/C18H25F3N4O2/c1-3-6-22-15(26)11-24-7-9-25(10-8-24)12(2)18(27)23-14-5-4-13(19)16(20)17(14)21/h4-5,12H,3,6-11H2,1-2H3,(H,22,26)(H,23,27)/t12-/m1/s1. The van der Waals surface area contributed by atoms with Crippen LogP contribution >= 0.6 is 0 Å². The zero-order valence-electron chi connectivity index (χ0n) is 15.5. The van der Waals surface area contributed by atoms with Crippen molar-refractivity contribution in [3.05, 3.63) is 29.6 Å². The second-order valence-corrected chi connectivity index (χ2v) is 6.55. The van der Waals surface area contributed by atoms with Crippen molar-refractivity contribution in [2.75, 3.05) is 44.6 Å². The highest BCUT2D eigenvalue weighted by Crippen LogP contribution is 2.20. The van der Waals surface area contributed by atoms with Crippen LogP contribution in [0.1, 0.15) is 20.3 Å². The first kappa shape index (κ1) is 21.2. The third kappa shape index (κ3) is 5.67. The van der Waals surface area contributed by atoms with Crippen LogP contribution in [0.25, 0.3) is 0 Å². The predicted molar refractivity (Wildman–Crippen MR) is 95.7 cm³/mol. The van der Waals surface area contributed by atoms with Gasteiger partial charge in [0, 0.05) is 32.7 Å². The van der Waals surface area contributed by atoms with Crippen molar-refractivity contribution in [2.24, 2.45) is 0 Å². The predicted octanol–water partition coefficient (Wildman–Crippen LogP) is 1.57. The van der Waals surface area contributed by atoms with Gasteiger partial charge in [-0.2, -0.15) is 0 Å². The zero-order chi connectivity index (χ0) is 20.0. The van der Waals surface area contributed by atoms with E-state index in [1.807, 2.05) is 16.7 Å². The number of carbonyl (C=O) groups excluding carboxylic acids is 2. The van der Waals surface area contributed by atoms with Gasteiger partial charge in [0.05, 0.1) is 18.3 Å². The highest BCUT2D eigenvalue weighted by Gasteiger charge is 2.27. The van der Waals surface area contributed by atoms with E-state index in [1.165, 1.54) is 0 Å². The number of halogens is 3. The summed E-state index contributed by atoms with van der Waals surface area (Å²) in [6.07, 6.45) is 0.880. The minimum Gasteiger partial charge on any atom is -0.355 e. The summed E-state index contributed by atoms with van der Waals surface area (Å²) in [5.41, 5.74) is -0.392. The van der Waals surface area contributed by atoms with E-state index in [2.05, 4.69) is 10.6 Å². The molecular formula is C18H25F3N4O2. The number of benzene rings is 1. The summed E-state index contributed by atoms with van der Waals surface area (Å²) in [7, 11) is 0. The number of piperazine rings is 1. The minimum absolute atomic E-state index is 0.0232. The number of amides is 2. The van der Waals surface area contributed by atoms with Gasteiger partial charge in [0.15, 0.2) is 17.5 Å². The maximum absolute atomic E-state index is 13.7. The zero-order valence-corrected chi connectivity index (χ0v) is 15.5. The van der Waals surface area contributed by atoms with Crippen molar-refractivity contribution in [3.8, 4) is 0 Å². The van der Waals surface area contributed by atoms with Crippen LogP contribution in [-0.4, -0.2) is 66.9 Å². The van der Waals surface area contributed by atoms with Crippen LogP contribution in [0.3, 0.4) is 0 Å². The fourth-order valence-electron chi connectivity index (χ4n) is 2.86. The Kier molecular flexibility index (Phi) is 7.61. The molecule has 1 atom stereocenters. The van der Waals surface area contributed by atoms with Gasteiger partial charge in [-0.05, 0) is 25.5 Å². The van der Waals surface area contributed by atoms with Crippen molar-refractivity contribution in [3.63, 3.8) is 0 Å². The van der Waals surface area contributed by atoms with Gasteiger partial charge in [-0.25, -0.2) is 13.2 Å². The second kappa shape index (κ2) is 9.70. The molecule has 1 aromatic carbocycles. The first-order valence-corrected chi connectivity index (χ1v) is 9.01. The molecule has 2 amide bonds. The molecule has 1 heterocycles. The number of nitrogens with one attached hydrogen (secondary N) is 2. The molecule has 9 heteroatoms. The maximum Gasteiger partial charge on any atom is 0.241 e. The Morgan fingerprint density at radius 1 is 1.11 bits per heavy atom. The Morgan fingerprint density at radius 2 is 1.78 bits per heavy atom. The van der Waals surface area contributed by atoms with Crippen LogP contribution in [0.4, 0.5) is 18.9 Å². The van der Waals surface area contributed by atoms with E-state index < -0.39 is 35.1 Å². The number of nitrogens with zero attached hydrogens (tertiary/aromatic N) is 2. The summed E-state index contributed by atoms with van der Waals surface area (Å²) in [5.74, 6) is -4.87. The van der Waals surface area contributed by atoms with Crippen molar-refractivity contribution < 1.29 is 22.8 Å². The number of carbonyl (C=O) groups is 2. The third-order valence-electron chi connectivity index (χ3n) is 4.57. The third-order valence-corrected chi connectivity index (χ3v) is 4.57. The highest BCUT2D eigenvalue weighted by atomic mass is 19.2. The Bertz CT molecular complexity index is 679. The molecule has 2 N–H and O–H groups in total. The smallest absolute Gasteiger partial charge is 0.241 e. The molecule has 2 rings (SSSR count). The Balaban J connectivity index is 1.84. The van der Waals surface area contributed by atoms with Crippen LogP contribution in [-0.2, 0) is 9.59 Å². The number of rotatable bonds is 7. The van der Waals surface area contributed by atoms with Crippen molar-refractivity contribution in [1.29, 1.82) is 0 Å². The topological polar surface area (TPSA) is 64.7 Å². The van der Waals surface area contributed by atoms with E-state index in [0.717, 1.165) is 18.6 Å². The van der Waals surface area contributed by atoms with Gasteiger partial charge in [-0.15, -0.1) is 0 Å². The van der Waals surface area contributed by atoms with Crippen LogP contribution in [0.5, 0.6) is 0 Å². The number of hydrogen-bond donors (Lipinski definition) is 2.